The van der Waals surface area contributed by atoms with E-state index >= 15 is 0 Å². The Morgan fingerprint density at radius 3 is 2.35 bits per heavy atom. The standard InChI is InChI=1S/C15H24N2/c1-3-10-17(15-8-9-15)12-14-6-4-13(5-7-14)11-16-2/h4-7,15-16H,3,8-12H2,1-2H3. The molecule has 0 saturated heterocycles. The van der Waals surface area contributed by atoms with E-state index in [1.807, 2.05) is 7.05 Å². The van der Waals surface area contributed by atoms with Crippen molar-refractivity contribution in [3.8, 4) is 0 Å². The SMILES string of the molecule is CCCN(Cc1ccc(CNC)cc1)C1CC1. The first-order chi connectivity index (χ1) is 8.33. The average Bonchev–Trinajstić information content (AvgIpc) is 3.15. The number of nitrogens with one attached hydrogen (secondary N) is 1. The molecular formula is C15H24N2. The first-order valence-corrected chi connectivity index (χ1v) is 6.80. The van der Waals surface area contributed by atoms with Gasteiger partial charge in [0.1, 0.15) is 0 Å². The number of nitrogens with zero attached hydrogens (tertiary/aromatic N) is 1. The van der Waals surface area contributed by atoms with Gasteiger partial charge in [0.25, 0.3) is 0 Å². The van der Waals surface area contributed by atoms with Gasteiger partial charge in [-0.2, -0.15) is 0 Å². The highest BCUT2D eigenvalue weighted by Gasteiger charge is 2.27. The Morgan fingerprint density at radius 1 is 1.18 bits per heavy atom. The predicted octanol–water partition coefficient (Wildman–Crippen LogP) is 2.78. The molecule has 0 amide bonds. The van der Waals surface area contributed by atoms with Crippen molar-refractivity contribution < 1.29 is 0 Å². The fourth-order valence-corrected chi connectivity index (χ4v) is 2.32. The molecule has 0 heterocycles. The van der Waals surface area contributed by atoms with Crippen molar-refractivity contribution in [1.82, 2.24) is 10.2 Å². The van der Waals surface area contributed by atoms with Crippen LogP contribution in [0.3, 0.4) is 0 Å². The maximum atomic E-state index is 3.18. The third-order valence-electron chi connectivity index (χ3n) is 3.36. The topological polar surface area (TPSA) is 15.3 Å². The molecule has 2 rings (SSSR count). The molecule has 2 nitrogen and oxygen atoms in total. The minimum atomic E-state index is 0.868. The molecule has 0 radical (unpaired) electrons. The zero-order valence-electron chi connectivity index (χ0n) is 11.1. The molecule has 0 bridgehead atoms. The molecule has 0 aromatic heterocycles. The van der Waals surface area contributed by atoms with Crippen LogP contribution < -0.4 is 5.32 Å². The third kappa shape index (κ3) is 3.83. The van der Waals surface area contributed by atoms with E-state index in [0.717, 1.165) is 19.1 Å². The van der Waals surface area contributed by atoms with Crippen LogP contribution in [-0.2, 0) is 13.1 Å². The van der Waals surface area contributed by atoms with E-state index in [9.17, 15) is 0 Å². The van der Waals surface area contributed by atoms with Gasteiger partial charge in [-0.05, 0) is 44.0 Å². The molecule has 0 atom stereocenters. The van der Waals surface area contributed by atoms with Crippen LogP contribution in [-0.4, -0.2) is 24.5 Å². The molecule has 1 aromatic carbocycles. The Kier molecular flexibility index (Phi) is 4.57. The fraction of sp³-hybridized carbons (Fsp3) is 0.600. The van der Waals surface area contributed by atoms with E-state index in [1.54, 1.807) is 0 Å². The average molecular weight is 232 g/mol. The summed E-state index contributed by atoms with van der Waals surface area (Å²) in [6.45, 7) is 5.59. The van der Waals surface area contributed by atoms with Gasteiger partial charge in [-0.3, -0.25) is 4.90 Å². The molecule has 0 spiro atoms. The zero-order chi connectivity index (χ0) is 12.1. The summed E-state index contributed by atoms with van der Waals surface area (Å²) in [5, 5.41) is 3.18. The molecule has 0 aliphatic heterocycles. The highest BCUT2D eigenvalue weighted by Crippen LogP contribution is 2.28. The van der Waals surface area contributed by atoms with Crippen LogP contribution in [0.2, 0.25) is 0 Å². The van der Waals surface area contributed by atoms with Crippen LogP contribution in [0, 0.1) is 0 Å². The van der Waals surface area contributed by atoms with Crippen LogP contribution >= 0.6 is 0 Å². The lowest BCUT2D eigenvalue weighted by atomic mass is 10.1. The van der Waals surface area contributed by atoms with E-state index in [-0.39, 0.29) is 0 Å². The van der Waals surface area contributed by atoms with E-state index < -0.39 is 0 Å². The molecule has 1 saturated carbocycles. The Labute approximate surface area is 105 Å². The Balaban J connectivity index is 1.92. The van der Waals surface area contributed by atoms with Crippen LogP contribution in [0.5, 0.6) is 0 Å². The second-order valence-corrected chi connectivity index (χ2v) is 5.05. The summed E-state index contributed by atoms with van der Waals surface area (Å²) in [4.78, 5) is 2.63. The molecule has 1 aromatic rings. The van der Waals surface area contributed by atoms with Crippen LogP contribution in [0.25, 0.3) is 0 Å². The van der Waals surface area contributed by atoms with E-state index in [1.165, 1.54) is 36.9 Å². The minimum absolute atomic E-state index is 0.868. The normalized spacial score (nSPS) is 15.5. The summed E-state index contributed by atoms with van der Waals surface area (Å²) in [6, 6.07) is 9.90. The molecule has 1 N–H and O–H groups in total. The zero-order valence-corrected chi connectivity index (χ0v) is 11.1. The van der Waals surface area contributed by atoms with Crippen LogP contribution in [0.15, 0.2) is 24.3 Å². The Morgan fingerprint density at radius 2 is 1.82 bits per heavy atom. The molecule has 0 unspecified atom stereocenters. The monoisotopic (exact) mass is 232 g/mol. The quantitative estimate of drug-likeness (QED) is 0.777. The second kappa shape index (κ2) is 6.18. The highest BCUT2D eigenvalue weighted by atomic mass is 15.2. The van der Waals surface area contributed by atoms with Crippen LogP contribution in [0.1, 0.15) is 37.3 Å². The van der Waals surface area contributed by atoms with Gasteiger partial charge in [-0.1, -0.05) is 31.2 Å². The second-order valence-electron chi connectivity index (χ2n) is 5.05. The number of hydrogen-bond donors (Lipinski definition) is 1. The number of benzene rings is 1. The van der Waals surface area contributed by atoms with Gasteiger partial charge in [0.05, 0.1) is 0 Å². The van der Waals surface area contributed by atoms with Gasteiger partial charge < -0.3 is 5.32 Å². The Bertz CT molecular complexity index is 327. The van der Waals surface area contributed by atoms with Crippen molar-refractivity contribution in [2.45, 2.75) is 45.3 Å². The summed E-state index contributed by atoms with van der Waals surface area (Å²) in [5.41, 5.74) is 2.81. The first-order valence-electron chi connectivity index (χ1n) is 6.80. The largest absolute Gasteiger partial charge is 0.316 e. The number of rotatable bonds is 7. The molecule has 17 heavy (non-hydrogen) atoms. The van der Waals surface area contributed by atoms with Crippen molar-refractivity contribution in [1.29, 1.82) is 0 Å². The lowest BCUT2D eigenvalue weighted by molar-refractivity contribution is 0.255. The lowest BCUT2D eigenvalue weighted by Crippen LogP contribution is -2.26. The third-order valence-corrected chi connectivity index (χ3v) is 3.36. The van der Waals surface area contributed by atoms with Gasteiger partial charge in [0, 0.05) is 19.1 Å². The fourth-order valence-electron chi connectivity index (χ4n) is 2.32. The van der Waals surface area contributed by atoms with Gasteiger partial charge in [0.2, 0.25) is 0 Å². The maximum Gasteiger partial charge on any atom is 0.0236 e. The van der Waals surface area contributed by atoms with E-state index in [2.05, 4.69) is 41.4 Å². The van der Waals surface area contributed by atoms with Crippen molar-refractivity contribution in [2.24, 2.45) is 0 Å². The molecule has 1 aliphatic carbocycles. The molecule has 1 aliphatic rings. The minimum Gasteiger partial charge on any atom is -0.316 e. The van der Waals surface area contributed by atoms with Gasteiger partial charge >= 0.3 is 0 Å². The van der Waals surface area contributed by atoms with Crippen molar-refractivity contribution in [2.75, 3.05) is 13.6 Å². The lowest BCUT2D eigenvalue weighted by Gasteiger charge is -2.21. The Hall–Kier alpha value is -0.860. The molecule has 94 valence electrons. The summed E-state index contributed by atoms with van der Waals surface area (Å²) in [7, 11) is 1.99. The van der Waals surface area contributed by atoms with Crippen molar-refractivity contribution in [3.63, 3.8) is 0 Å². The van der Waals surface area contributed by atoms with E-state index in [4.69, 9.17) is 0 Å². The van der Waals surface area contributed by atoms with Gasteiger partial charge in [0.15, 0.2) is 0 Å². The van der Waals surface area contributed by atoms with Gasteiger partial charge in [-0.25, -0.2) is 0 Å². The van der Waals surface area contributed by atoms with E-state index in [0.29, 0.717) is 0 Å². The predicted molar refractivity (Wildman–Crippen MR) is 72.9 cm³/mol. The summed E-state index contributed by atoms with van der Waals surface area (Å²) in [5.74, 6) is 0. The first kappa shape index (κ1) is 12.6. The summed E-state index contributed by atoms with van der Waals surface area (Å²) >= 11 is 0. The van der Waals surface area contributed by atoms with Crippen molar-refractivity contribution >= 4 is 0 Å². The number of hydrogen-bond acceptors (Lipinski definition) is 2. The van der Waals surface area contributed by atoms with Crippen LogP contribution in [0.4, 0.5) is 0 Å². The highest BCUT2D eigenvalue weighted by molar-refractivity contribution is 5.22. The molecule has 1 fully saturated rings. The van der Waals surface area contributed by atoms with Gasteiger partial charge in [-0.15, -0.1) is 0 Å². The molecule has 2 heteroatoms. The van der Waals surface area contributed by atoms with Crippen molar-refractivity contribution in [3.05, 3.63) is 35.4 Å². The summed E-state index contributed by atoms with van der Waals surface area (Å²) in [6.07, 6.45) is 4.06. The smallest absolute Gasteiger partial charge is 0.0236 e. The maximum absolute atomic E-state index is 3.18. The molecular weight excluding hydrogens is 208 g/mol. The summed E-state index contributed by atoms with van der Waals surface area (Å²) < 4.78 is 0.